The summed E-state index contributed by atoms with van der Waals surface area (Å²) in [5, 5.41) is 28.5. The molecule has 646 valence electrons. The van der Waals surface area contributed by atoms with Gasteiger partial charge in [0.15, 0.2) is 0 Å². The average molecular weight is 2360 g/mol. The van der Waals surface area contributed by atoms with Crippen molar-refractivity contribution in [1.29, 1.82) is 0 Å². The zero-order valence-corrected chi connectivity index (χ0v) is 102. The molecule has 0 aliphatic heterocycles. The average Bonchev–Trinajstić information content (AvgIpc) is 0.801. The monoisotopic (exact) mass is 2350 g/mol. The van der Waals surface area contributed by atoms with Gasteiger partial charge in [-0.3, -0.25) is 9.59 Å². The zero-order valence-electron chi connectivity index (χ0n) is 77.7. The van der Waals surface area contributed by atoms with E-state index in [-0.39, 0.29) is 202 Å². The van der Waals surface area contributed by atoms with Gasteiger partial charge in [0.25, 0.3) is 0 Å². The Hall–Kier alpha value is 3.04. The van der Waals surface area contributed by atoms with Crippen LogP contribution in [-0.4, -0.2) is 59.1 Å². The minimum absolute atomic E-state index is 0. The molecule has 6 saturated carbocycles. The Morgan fingerprint density at radius 3 is 0.957 bits per heavy atom. The van der Waals surface area contributed by atoms with Gasteiger partial charge >= 0.3 is 5.97 Å². The second-order valence-corrected chi connectivity index (χ2v) is 29.0. The van der Waals surface area contributed by atoms with Gasteiger partial charge in [-0.25, -0.2) is 0 Å². The Morgan fingerprint density at radius 2 is 0.716 bits per heavy atom. The molecular weight excluding hydrogens is 2200 g/mol. The molecule has 0 unspecified atom stereocenters. The number of aliphatic carboxylic acids is 1. The standard InChI is InChI=1S/C14H17O2.C14H19O.C14H17O.C14H19O.C14H19.C7H12O.C6H5.C2H7P.7C2H6.CH3Br.I2.6Y/c1-10-2-4-11(5-3-10)12-6-8-13(9-7-12)14(15)16;2*1-11-2-6-13(7-3-11)14-8-4-12(10-15)5-9-14;1-11-3-5-13(6-4-11)14(15)9-7-12(2)8-10-14;1-11-3-7-13(8-4-11)14-9-5-12(2)6-10-14;1-6-2-4-7(8)5-3-6;1-2-4-6-5-3-1;1-3-2;9*1-2;;;;;;/h2,4-5,12-13H,6-9H2,1H3,(H,15,16);2,6-7,12,14-15H,4-5,8-10H2,1H3;2,6-7,10,12,14H,4-5,8-9H2,1H3;3,5-6,12,15H,7-10H2,1-2H3;3,7-8,12,14H,5-6,9-10H2,1-2H3;6H,2-5H2,1H3;1-5H;3H,1-2H3;7*1-2H3;1H3;;;;;;;/q5*-1;;-1;;;;;;;;;;;;;;;;. The van der Waals surface area contributed by atoms with Gasteiger partial charge in [-0.15, -0.1) is 14.1 Å². The maximum atomic E-state index is 10.8. The molecule has 6 aliphatic rings. The Labute approximate surface area is 902 Å². The first-order valence-corrected chi connectivity index (χ1v) is 52.6. The molecule has 6 radical (unpaired) electrons. The number of rotatable bonds is 8. The number of carbonyl (C=O) groups excluding carboxylic acids is 2. The first-order chi connectivity index (χ1) is 53.3. The van der Waals surface area contributed by atoms with Crippen molar-refractivity contribution in [2.45, 2.75) is 336 Å². The molecule has 6 fully saturated rings. The molecule has 0 heterocycles. The summed E-state index contributed by atoms with van der Waals surface area (Å²) in [7, 11) is 1.08. The molecule has 0 saturated heterocycles. The number of carbonyl (C=O) groups is 3. The van der Waals surface area contributed by atoms with Gasteiger partial charge < -0.3 is 20.1 Å². The number of aryl methyl sites for hydroxylation is 5. The van der Waals surface area contributed by atoms with Crippen molar-refractivity contribution in [3.8, 4) is 0 Å². The molecule has 0 bridgehead atoms. The first kappa shape index (κ1) is 142. The van der Waals surface area contributed by atoms with Crippen LogP contribution in [0.2, 0.25) is 0 Å². The number of ketones is 1. The quantitative estimate of drug-likeness (QED) is 0.0460. The van der Waals surface area contributed by atoms with Gasteiger partial charge in [0.2, 0.25) is 0 Å². The molecule has 3 N–H and O–H groups in total. The molecule has 116 heavy (non-hydrogen) atoms. The van der Waals surface area contributed by atoms with Crippen LogP contribution >= 0.6 is 61.7 Å². The smallest absolute Gasteiger partial charge is 0.306 e. The third-order valence-electron chi connectivity index (χ3n) is 20.1. The van der Waals surface area contributed by atoms with Crippen LogP contribution in [0.15, 0.2) is 121 Å². The molecule has 0 spiro atoms. The molecule has 16 heteroatoms. The molecule has 6 nitrogen and oxygen atoms in total. The van der Waals surface area contributed by atoms with Crippen LogP contribution in [0.1, 0.15) is 351 Å². The van der Waals surface area contributed by atoms with Crippen molar-refractivity contribution < 1.29 is 226 Å². The largest absolute Gasteiger partial charge is 0.481 e. The summed E-state index contributed by atoms with van der Waals surface area (Å²) in [5.41, 5.74) is 12.0. The third kappa shape index (κ3) is 69.1. The summed E-state index contributed by atoms with van der Waals surface area (Å²) in [6.45, 7) is 49.8. The van der Waals surface area contributed by atoms with E-state index >= 15 is 0 Å². The van der Waals surface area contributed by atoms with E-state index in [9.17, 15) is 19.5 Å². The summed E-state index contributed by atoms with van der Waals surface area (Å²) in [5.74, 6) is 7.59. The fourth-order valence-electron chi connectivity index (χ4n) is 13.4. The van der Waals surface area contributed by atoms with Gasteiger partial charge in [-0.2, -0.15) is 208 Å². The zero-order chi connectivity index (χ0) is 84.7. The molecule has 6 aromatic carbocycles. The number of hydrogen-bond donors (Lipinski definition) is 3. The fourth-order valence-corrected chi connectivity index (χ4v) is 13.4. The number of halogens is 3. The summed E-state index contributed by atoms with van der Waals surface area (Å²) < 4.78 is 0. The predicted octanol–water partition coefficient (Wildman–Crippen LogP) is 30.9. The Bertz CT molecular complexity index is 2900. The van der Waals surface area contributed by atoms with Gasteiger partial charge in [0, 0.05) is 264 Å². The molecule has 0 atom stereocenters. The van der Waals surface area contributed by atoms with Gasteiger partial charge in [0.05, 0.1) is 5.92 Å². The van der Waals surface area contributed by atoms with Crippen molar-refractivity contribution in [3.63, 3.8) is 0 Å². The van der Waals surface area contributed by atoms with E-state index in [1.165, 1.54) is 90.3 Å². The van der Waals surface area contributed by atoms with E-state index in [1.807, 2.05) is 165 Å². The number of aliphatic hydroxyl groups excluding tert-OH is 1. The molecule has 0 aromatic heterocycles. The van der Waals surface area contributed by atoms with Gasteiger partial charge in [-0.05, 0) is 120 Å². The van der Waals surface area contributed by atoms with E-state index in [0.29, 0.717) is 42.0 Å². The van der Waals surface area contributed by atoms with Crippen LogP contribution in [-0.2, 0) is 216 Å². The van der Waals surface area contributed by atoms with E-state index in [4.69, 9.17) is 10.2 Å². The van der Waals surface area contributed by atoms with Crippen molar-refractivity contribution in [2.24, 2.45) is 35.5 Å². The molecule has 6 aromatic rings. The SMILES string of the molecule is CBr.CC.CC.CC.CC.CC.CC.CC.CC1CCC(=O)CC1.CPC.Cc1[c-]cc(C2(O)CCC(C)CC2)cc1.Cc1[c-]cc(C2CCC(C(=O)O)CC2)cc1.Cc1[c-]cc(C2CCC(C)CC2)cc1.Cc1[c-]cc(C2CCC(C=O)CC2)cc1.Cc1[c-]cc(C2CCC(CO)CC2)cc1.II.[Y].[Y].[Y].[Y].[Y].[Y].[c-]1ccccc1. The number of alkyl halides is 1. The Morgan fingerprint density at radius 1 is 0.440 bits per heavy atom. The topological polar surface area (TPSA) is 112 Å². The number of carboxylic acid groups (broad SMARTS) is 1. The van der Waals surface area contributed by atoms with Crippen LogP contribution in [0.5, 0.6) is 0 Å². The molecule has 6 aliphatic carbocycles. The number of Topliss-reactive ketones (excluding diaryl/α,β-unsaturated/α-hetero) is 1. The predicted molar refractivity (Wildman–Crippen MR) is 507 cm³/mol. The van der Waals surface area contributed by atoms with E-state index in [2.05, 4.69) is 217 Å². The Balaban J connectivity index is -0.000000119. The Kier molecular flexibility index (Phi) is 121. The third-order valence-corrected chi connectivity index (χ3v) is 20.1. The summed E-state index contributed by atoms with van der Waals surface area (Å²) in [6, 6.07) is 60.7. The minimum atomic E-state index is -0.631. The van der Waals surface area contributed by atoms with Crippen molar-refractivity contribution in [1.82, 2.24) is 0 Å². The number of hydrogen-bond acceptors (Lipinski definition) is 5. The van der Waals surface area contributed by atoms with E-state index in [0.717, 1.165) is 158 Å². The summed E-state index contributed by atoms with van der Waals surface area (Å²) in [6.07, 6.45) is 27.5. The fraction of sp³-hybridized carbons (Fsp3) is 0.610. The molecular formula is C100H160BrI2O6PY6-6. The van der Waals surface area contributed by atoms with E-state index < -0.39 is 11.6 Å². The molecule has 12 rings (SSSR count). The van der Waals surface area contributed by atoms with Crippen molar-refractivity contribution >= 4 is 79.8 Å². The number of aldehydes is 1. The van der Waals surface area contributed by atoms with Gasteiger partial charge in [-0.1, -0.05) is 256 Å². The maximum Gasteiger partial charge on any atom is 0.306 e. The summed E-state index contributed by atoms with van der Waals surface area (Å²) >= 11 is 7.18. The van der Waals surface area contributed by atoms with Crippen LogP contribution in [0.3, 0.4) is 0 Å². The number of benzene rings is 6. The minimum Gasteiger partial charge on any atom is -0.481 e. The van der Waals surface area contributed by atoms with Crippen LogP contribution in [0.25, 0.3) is 0 Å². The van der Waals surface area contributed by atoms with Crippen molar-refractivity contribution in [3.05, 3.63) is 213 Å². The van der Waals surface area contributed by atoms with Crippen LogP contribution < -0.4 is 0 Å². The van der Waals surface area contributed by atoms with Crippen molar-refractivity contribution in [2.75, 3.05) is 25.8 Å². The van der Waals surface area contributed by atoms with E-state index in [1.54, 1.807) is 0 Å². The van der Waals surface area contributed by atoms with Crippen LogP contribution in [0, 0.1) is 107 Å². The number of aliphatic hydroxyl groups is 2. The second-order valence-electron chi connectivity index (χ2n) is 28.0. The second kappa shape index (κ2) is 98.6. The maximum absolute atomic E-state index is 10.8. The summed E-state index contributed by atoms with van der Waals surface area (Å²) in [4.78, 5) is 32.1. The molecule has 0 amide bonds. The first-order valence-electron chi connectivity index (χ1n) is 42.8. The van der Waals surface area contributed by atoms with Gasteiger partial charge in [0.1, 0.15) is 12.1 Å². The normalized spacial score (nSPS) is 20.4. The van der Waals surface area contributed by atoms with Crippen LogP contribution in [0.4, 0.5) is 0 Å². The number of carboxylic acids is 1.